The molecule has 1 aliphatic rings. The van der Waals surface area contributed by atoms with Gasteiger partial charge < -0.3 is 5.11 Å². The van der Waals surface area contributed by atoms with Crippen molar-refractivity contribution in [2.45, 2.75) is 45.3 Å². The molecular weight excluding hydrogens is 176 g/mol. The molecule has 76 valence electrons. The van der Waals surface area contributed by atoms with Gasteiger partial charge in [0.15, 0.2) is 0 Å². The lowest BCUT2D eigenvalue weighted by molar-refractivity contribution is 0.268. The van der Waals surface area contributed by atoms with Gasteiger partial charge in [0, 0.05) is 6.61 Å². The van der Waals surface area contributed by atoms with E-state index in [9.17, 15) is 0 Å². The number of aliphatic hydroxyl groups excluding tert-OH is 1. The van der Waals surface area contributed by atoms with E-state index in [2.05, 4.69) is 25.3 Å². The molecule has 0 aliphatic heterocycles. The van der Waals surface area contributed by atoms with Crippen LogP contribution in [0.2, 0.25) is 19.6 Å². The topological polar surface area (TPSA) is 20.2 Å². The lowest BCUT2D eigenvalue weighted by Crippen LogP contribution is -2.18. The third kappa shape index (κ3) is 3.65. The first-order valence-electron chi connectivity index (χ1n) is 5.35. The minimum Gasteiger partial charge on any atom is -0.396 e. The summed E-state index contributed by atoms with van der Waals surface area (Å²) < 4.78 is 0. The number of rotatable bonds is 3. The first-order chi connectivity index (χ1) is 6.03. The van der Waals surface area contributed by atoms with Crippen LogP contribution in [-0.4, -0.2) is 19.8 Å². The molecule has 0 amide bonds. The molecule has 1 unspecified atom stereocenters. The fourth-order valence-corrected chi connectivity index (χ4v) is 3.67. The number of allylic oxidation sites excluding steroid dienone is 1. The Labute approximate surface area is 82.9 Å². The van der Waals surface area contributed by atoms with E-state index in [0.717, 1.165) is 6.42 Å². The molecule has 0 aromatic carbocycles. The van der Waals surface area contributed by atoms with Crippen molar-refractivity contribution < 1.29 is 5.11 Å². The fraction of sp³-hybridized carbons (Fsp3) is 0.818. The summed E-state index contributed by atoms with van der Waals surface area (Å²) >= 11 is 0. The van der Waals surface area contributed by atoms with Gasteiger partial charge in [-0.1, -0.05) is 30.9 Å². The van der Waals surface area contributed by atoms with Gasteiger partial charge in [0.1, 0.15) is 0 Å². The maximum Gasteiger partial charge on any atom is 0.0686 e. The van der Waals surface area contributed by atoms with Crippen LogP contribution in [0.4, 0.5) is 0 Å². The van der Waals surface area contributed by atoms with Crippen LogP contribution in [0.5, 0.6) is 0 Å². The molecule has 1 saturated carbocycles. The average molecular weight is 198 g/mol. The minimum absolute atomic E-state index is 0.355. The van der Waals surface area contributed by atoms with Crippen molar-refractivity contribution in [1.82, 2.24) is 0 Å². The van der Waals surface area contributed by atoms with Crippen LogP contribution in [-0.2, 0) is 0 Å². The highest BCUT2D eigenvalue weighted by atomic mass is 28.3. The number of aliphatic hydroxyl groups is 1. The number of hydrogen-bond acceptors (Lipinski definition) is 1. The standard InChI is InChI=1S/C11H22OSi/c1-13(2,3)9-11-6-4-5-10(11)7-8-12/h9-10,12H,4-8H2,1-3H3/b11-9+. The second-order valence-electron chi connectivity index (χ2n) is 5.19. The smallest absolute Gasteiger partial charge is 0.0686 e. The normalized spacial score (nSPS) is 27.1. The van der Waals surface area contributed by atoms with Gasteiger partial charge in [-0.05, 0) is 31.6 Å². The lowest BCUT2D eigenvalue weighted by Gasteiger charge is -2.16. The maximum atomic E-state index is 8.93. The molecule has 13 heavy (non-hydrogen) atoms. The summed E-state index contributed by atoms with van der Waals surface area (Å²) in [5.41, 5.74) is 4.19. The largest absolute Gasteiger partial charge is 0.396 e. The Morgan fingerprint density at radius 3 is 2.69 bits per heavy atom. The molecule has 0 heterocycles. The van der Waals surface area contributed by atoms with Gasteiger partial charge in [0.2, 0.25) is 0 Å². The van der Waals surface area contributed by atoms with Gasteiger partial charge >= 0.3 is 0 Å². The lowest BCUT2D eigenvalue weighted by atomic mass is 10.0. The van der Waals surface area contributed by atoms with Crippen molar-refractivity contribution in [3.63, 3.8) is 0 Å². The van der Waals surface area contributed by atoms with Crippen molar-refractivity contribution in [2.24, 2.45) is 5.92 Å². The molecule has 1 nitrogen and oxygen atoms in total. The van der Waals surface area contributed by atoms with Crippen LogP contribution in [0, 0.1) is 5.92 Å². The van der Waals surface area contributed by atoms with E-state index in [-0.39, 0.29) is 0 Å². The Bertz CT molecular complexity index is 191. The summed E-state index contributed by atoms with van der Waals surface area (Å²) in [6.45, 7) is 7.50. The van der Waals surface area contributed by atoms with Crippen LogP contribution in [0.3, 0.4) is 0 Å². The SMILES string of the molecule is C[Si](C)(C)/C=C1\CCCC1CCO. The van der Waals surface area contributed by atoms with E-state index >= 15 is 0 Å². The molecule has 1 N–H and O–H groups in total. The summed E-state index contributed by atoms with van der Waals surface area (Å²) in [6, 6.07) is 0. The zero-order valence-electron chi connectivity index (χ0n) is 9.14. The molecule has 0 aromatic rings. The van der Waals surface area contributed by atoms with Gasteiger partial charge in [0.05, 0.1) is 8.07 Å². The number of hydrogen-bond donors (Lipinski definition) is 1. The molecule has 0 aromatic heterocycles. The van der Waals surface area contributed by atoms with E-state index in [1.54, 1.807) is 5.57 Å². The minimum atomic E-state index is -1.04. The molecule has 0 radical (unpaired) electrons. The summed E-state index contributed by atoms with van der Waals surface area (Å²) in [5, 5.41) is 8.93. The van der Waals surface area contributed by atoms with Gasteiger partial charge in [-0.3, -0.25) is 0 Å². The van der Waals surface area contributed by atoms with E-state index in [0.29, 0.717) is 12.5 Å². The van der Waals surface area contributed by atoms with E-state index in [4.69, 9.17) is 5.11 Å². The van der Waals surface area contributed by atoms with Gasteiger partial charge in [-0.2, -0.15) is 0 Å². The predicted molar refractivity (Wildman–Crippen MR) is 60.5 cm³/mol. The third-order valence-corrected chi connectivity index (χ3v) is 3.88. The molecule has 0 bridgehead atoms. The van der Waals surface area contributed by atoms with Crippen molar-refractivity contribution >= 4 is 8.07 Å². The Balaban J connectivity index is 2.62. The quantitative estimate of drug-likeness (QED) is 0.691. The molecule has 1 rings (SSSR count). The summed E-state index contributed by atoms with van der Waals surface area (Å²) in [7, 11) is -1.04. The van der Waals surface area contributed by atoms with Crippen molar-refractivity contribution in [3.05, 3.63) is 11.3 Å². The molecule has 1 aliphatic carbocycles. The van der Waals surface area contributed by atoms with Crippen LogP contribution in [0.25, 0.3) is 0 Å². The molecule has 1 atom stereocenters. The highest BCUT2D eigenvalue weighted by Crippen LogP contribution is 2.34. The predicted octanol–water partition coefficient (Wildman–Crippen LogP) is 2.97. The molecule has 0 spiro atoms. The first kappa shape index (κ1) is 11.0. The summed E-state index contributed by atoms with van der Waals surface area (Å²) in [4.78, 5) is 0. The Kier molecular flexibility index (Phi) is 3.74. The van der Waals surface area contributed by atoms with Crippen LogP contribution < -0.4 is 0 Å². The van der Waals surface area contributed by atoms with Crippen LogP contribution in [0.1, 0.15) is 25.7 Å². The first-order valence-corrected chi connectivity index (χ1v) is 8.93. The summed E-state index contributed by atoms with van der Waals surface area (Å²) in [6.07, 6.45) is 4.91. The highest BCUT2D eigenvalue weighted by Gasteiger charge is 2.22. The Hall–Kier alpha value is -0.0831. The molecule has 2 heteroatoms. The van der Waals surface area contributed by atoms with E-state index < -0.39 is 8.07 Å². The van der Waals surface area contributed by atoms with Crippen molar-refractivity contribution in [2.75, 3.05) is 6.61 Å². The fourth-order valence-electron chi connectivity index (χ4n) is 2.17. The van der Waals surface area contributed by atoms with Crippen LogP contribution in [0.15, 0.2) is 11.3 Å². The molecule has 1 fully saturated rings. The Morgan fingerprint density at radius 2 is 2.15 bits per heavy atom. The Morgan fingerprint density at radius 1 is 1.46 bits per heavy atom. The van der Waals surface area contributed by atoms with Gasteiger partial charge in [-0.25, -0.2) is 0 Å². The van der Waals surface area contributed by atoms with Crippen molar-refractivity contribution in [3.8, 4) is 0 Å². The molecular formula is C11H22OSi. The van der Waals surface area contributed by atoms with Gasteiger partial charge in [-0.15, -0.1) is 0 Å². The second-order valence-corrected chi connectivity index (χ2v) is 10.2. The van der Waals surface area contributed by atoms with Gasteiger partial charge in [0.25, 0.3) is 0 Å². The van der Waals surface area contributed by atoms with Crippen LogP contribution >= 0.6 is 0 Å². The highest BCUT2D eigenvalue weighted by molar-refractivity contribution is 6.81. The maximum absolute atomic E-state index is 8.93. The van der Waals surface area contributed by atoms with Crippen molar-refractivity contribution in [1.29, 1.82) is 0 Å². The zero-order chi connectivity index (χ0) is 9.90. The monoisotopic (exact) mass is 198 g/mol. The zero-order valence-corrected chi connectivity index (χ0v) is 10.1. The summed E-state index contributed by atoms with van der Waals surface area (Å²) in [5.74, 6) is 0.705. The average Bonchev–Trinajstić information content (AvgIpc) is 2.34. The molecule has 0 saturated heterocycles. The van der Waals surface area contributed by atoms with E-state index in [1.807, 2.05) is 0 Å². The second kappa shape index (κ2) is 4.42. The third-order valence-electron chi connectivity index (χ3n) is 2.64. The van der Waals surface area contributed by atoms with E-state index in [1.165, 1.54) is 19.3 Å².